The molecular formula is C32H65NO6Si2. The van der Waals surface area contributed by atoms with Crippen LogP contribution in [0.5, 0.6) is 0 Å². The smallest absolute Gasteiger partial charge is 0.412 e. The third-order valence-corrected chi connectivity index (χ3v) is 20.0. The summed E-state index contributed by atoms with van der Waals surface area (Å²) in [6, 6.07) is 6.39. The van der Waals surface area contributed by atoms with Gasteiger partial charge in [0.15, 0.2) is 22.4 Å². The van der Waals surface area contributed by atoms with E-state index in [-0.39, 0.29) is 36.9 Å². The van der Waals surface area contributed by atoms with Crippen LogP contribution in [0.25, 0.3) is 0 Å². The molecule has 2 aliphatic rings. The maximum absolute atomic E-state index is 13.6. The molecule has 2 aliphatic heterocycles. The van der Waals surface area contributed by atoms with E-state index in [1.807, 2.05) is 11.8 Å². The van der Waals surface area contributed by atoms with E-state index < -0.39 is 22.4 Å². The molecule has 0 saturated carbocycles. The third-order valence-electron chi connectivity index (χ3n) is 10.6. The molecule has 9 heteroatoms. The van der Waals surface area contributed by atoms with E-state index in [1.165, 1.54) is 0 Å². The molecule has 0 aromatic carbocycles. The lowest BCUT2D eigenvalue weighted by Gasteiger charge is -2.50. The number of carbonyl (C=O) groups excluding carboxylic acids is 1. The molecule has 0 bridgehead atoms. The van der Waals surface area contributed by atoms with Gasteiger partial charge in [-0.25, -0.2) is 4.79 Å². The molecule has 1 amide bonds. The third kappa shape index (κ3) is 8.59. The van der Waals surface area contributed by atoms with E-state index in [1.54, 1.807) is 0 Å². The SMILES string of the molecule is CCCOC(=O)N1C[C@H](C)C[C@H](C)[C@@]12C[C@@H](O[Si](CC)(CC)CC)[C@@H]([C@@H](C[C@H](C)CCO)O[Si](CC)(CC)CC)O2. The number of ether oxygens (including phenoxy) is 2. The normalized spacial score (nSPS) is 28.7. The van der Waals surface area contributed by atoms with Gasteiger partial charge < -0.3 is 23.4 Å². The summed E-state index contributed by atoms with van der Waals surface area (Å²) in [5, 5.41) is 9.77. The van der Waals surface area contributed by atoms with Gasteiger partial charge in [-0.05, 0) is 73.8 Å². The molecule has 0 unspecified atom stereocenters. The first-order valence-electron chi connectivity index (χ1n) is 17.1. The van der Waals surface area contributed by atoms with Crippen molar-refractivity contribution >= 4 is 22.7 Å². The Morgan fingerprint density at radius 3 is 2.10 bits per heavy atom. The largest absolute Gasteiger partial charge is 0.449 e. The molecule has 2 rings (SSSR count). The van der Waals surface area contributed by atoms with E-state index >= 15 is 0 Å². The number of nitrogens with zero attached hydrogens (tertiary/aromatic N) is 1. The van der Waals surface area contributed by atoms with E-state index in [4.69, 9.17) is 18.3 Å². The van der Waals surface area contributed by atoms with E-state index in [9.17, 15) is 9.90 Å². The highest BCUT2D eigenvalue weighted by Crippen LogP contribution is 2.50. The Labute approximate surface area is 254 Å². The van der Waals surface area contributed by atoms with Gasteiger partial charge in [-0.2, -0.15) is 0 Å². The molecule has 242 valence electrons. The molecule has 2 fully saturated rings. The predicted octanol–water partition coefficient (Wildman–Crippen LogP) is 8.19. The van der Waals surface area contributed by atoms with Crippen LogP contribution in [-0.4, -0.2) is 76.5 Å². The van der Waals surface area contributed by atoms with Crippen molar-refractivity contribution < 1.29 is 28.2 Å². The van der Waals surface area contributed by atoms with Crippen LogP contribution in [-0.2, 0) is 18.3 Å². The predicted molar refractivity (Wildman–Crippen MR) is 173 cm³/mol. The minimum Gasteiger partial charge on any atom is -0.449 e. The van der Waals surface area contributed by atoms with Crippen LogP contribution < -0.4 is 0 Å². The second-order valence-corrected chi connectivity index (χ2v) is 22.7. The lowest BCUT2D eigenvalue weighted by atomic mass is 9.80. The molecule has 7 atom stereocenters. The van der Waals surface area contributed by atoms with Gasteiger partial charge in [0.1, 0.15) is 6.10 Å². The van der Waals surface area contributed by atoms with Crippen molar-refractivity contribution in [1.82, 2.24) is 4.90 Å². The van der Waals surface area contributed by atoms with Crippen LogP contribution in [0, 0.1) is 17.8 Å². The highest BCUT2D eigenvalue weighted by Gasteiger charge is 2.60. The quantitative estimate of drug-likeness (QED) is 0.166. The minimum atomic E-state index is -1.99. The van der Waals surface area contributed by atoms with Crippen LogP contribution in [0.1, 0.15) is 101 Å². The summed E-state index contributed by atoms with van der Waals surface area (Å²) in [7, 11) is -3.98. The first-order chi connectivity index (χ1) is 19.5. The summed E-state index contributed by atoms with van der Waals surface area (Å²) in [4.78, 5) is 15.5. The summed E-state index contributed by atoms with van der Waals surface area (Å²) in [5.41, 5.74) is -0.765. The monoisotopic (exact) mass is 615 g/mol. The van der Waals surface area contributed by atoms with E-state index in [0.717, 1.165) is 61.9 Å². The van der Waals surface area contributed by atoms with Crippen molar-refractivity contribution in [2.24, 2.45) is 17.8 Å². The van der Waals surface area contributed by atoms with Gasteiger partial charge in [0.25, 0.3) is 0 Å². The molecule has 2 saturated heterocycles. The zero-order valence-electron chi connectivity index (χ0n) is 28.3. The van der Waals surface area contributed by atoms with E-state index in [2.05, 4.69) is 62.3 Å². The number of carbonyl (C=O) groups is 1. The first-order valence-corrected chi connectivity index (χ1v) is 22.1. The molecule has 0 aliphatic carbocycles. The number of amides is 1. The summed E-state index contributed by atoms with van der Waals surface area (Å²) in [6.07, 6.45) is 3.21. The van der Waals surface area contributed by atoms with Crippen molar-refractivity contribution in [1.29, 1.82) is 0 Å². The second kappa shape index (κ2) is 16.6. The van der Waals surface area contributed by atoms with Gasteiger partial charge in [0.2, 0.25) is 0 Å². The Kier molecular flexibility index (Phi) is 14.8. The van der Waals surface area contributed by atoms with Gasteiger partial charge >= 0.3 is 6.09 Å². The molecule has 1 spiro atoms. The highest BCUT2D eigenvalue weighted by molar-refractivity contribution is 6.74. The Morgan fingerprint density at radius 2 is 1.59 bits per heavy atom. The van der Waals surface area contributed by atoms with Crippen LogP contribution in [0.15, 0.2) is 0 Å². The van der Waals surface area contributed by atoms with Gasteiger partial charge in [-0.1, -0.05) is 69.2 Å². The fourth-order valence-corrected chi connectivity index (χ4v) is 13.1. The molecule has 1 N–H and O–H groups in total. The van der Waals surface area contributed by atoms with Crippen molar-refractivity contribution in [3.05, 3.63) is 0 Å². The lowest BCUT2D eigenvalue weighted by molar-refractivity contribution is -0.204. The lowest BCUT2D eigenvalue weighted by Crippen LogP contribution is -2.61. The zero-order valence-corrected chi connectivity index (χ0v) is 30.3. The van der Waals surface area contributed by atoms with Crippen LogP contribution in [0.2, 0.25) is 36.3 Å². The maximum atomic E-state index is 13.6. The van der Waals surface area contributed by atoms with Gasteiger partial charge in [0.05, 0.1) is 18.8 Å². The average Bonchev–Trinajstić information content (AvgIpc) is 3.34. The summed E-state index contributed by atoms with van der Waals surface area (Å²) >= 11 is 0. The van der Waals surface area contributed by atoms with Gasteiger partial charge in [-0.15, -0.1) is 0 Å². The Morgan fingerprint density at radius 1 is 1.00 bits per heavy atom. The van der Waals surface area contributed by atoms with Crippen LogP contribution in [0.4, 0.5) is 4.79 Å². The van der Waals surface area contributed by atoms with E-state index in [0.29, 0.717) is 31.4 Å². The average molecular weight is 616 g/mol. The fourth-order valence-electron chi connectivity index (χ4n) is 7.40. The molecule has 0 radical (unpaired) electrons. The van der Waals surface area contributed by atoms with Crippen molar-refractivity contribution in [3.8, 4) is 0 Å². The van der Waals surface area contributed by atoms with Crippen molar-refractivity contribution in [2.75, 3.05) is 19.8 Å². The van der Waals surface area contributed by atoms with Crippen LogP contribution in [0.3, 0.4) is 0 Å². The Balaban J connectivity index is 2.64. The molecule has 2 heterocycles. The number of aliphatic hydroxyl groups is 1. The minimum absolute atomic E-state index is 0.134. The summed E-state index contributed by atoms with van der Waals surface area (Å²) in [6.45, 7) is 23.6. The van der Waals surface area contributed by atoms with Gasteiger partial charge in [-0.3, -0.25) is 4.90 Å². The number of rotatable bonds is 17. The fraction of sp³-hybridized carbons (Fsp3) is 0.969. The number of hydrogen-bond donors (Lipinski definition) is 1. The number of piperidine rings is 1. The number of aliphatic hydroxyl groups excluding tert-OH is 1. The highest BCUT2D eigenvalue weighted by atomic mass is 28.4. The Hall–Kier alpha value is -0.456. The number of hydrogen-bond acceptors (Lipinski definition) is 6. The second-order valence-electron chi connectivity index (χ2n) is 13.3. The molecule has 7 nitrogen and oxygen atoms in total. The zero-order chi connectivity index (χ0) is 30.8. The molecule has 0 aromatic heterocycles. The molecule has 41 heavy (non-hydrogen) atoms. The standard InChI is InChI=1S/C32H65NO6Si2/c1-11-20-36-31(35)33-24-26(9)21-27(10)32(33)23-29(39-41(15-5,16-6)17-7)30(37-32)28(22-25(8)18-19-34)38-40(12-2,13-3)14-4/h25-30,34H,11-24H2,1-10H3/t25-,26-,27+,28-,29-,30-,32+/m1/s1. The van der Waals surface area contributed by atoms with Crippen LogP contribution >= 0.6 is 0 Å². The summed E-state index contributed by atoms with van der Waals surface area (Å²) in [5.74, 6) is 0.820. The molecule has 0 aromatic rings. The Bertz CT molecular complexity index is 763. The van der Waals surface area contributed by atoms with Crippen molar-refractivity contribution in [3.63, 3.8) is 0 Å². The van der Waals surface area contributed by atoms with Gasteiger partial charge in [0, 0.05) is 25.5 Å². The first kappa shape index (κ1) is 36.7. The van der Waals surface area contributed by atoms with Crippen molar-refractivity contribution in [2.45, 2.75) is 162 Å². The maximum Gasteiger partial charge on any atom is 0.412 e. The summed E-state index contributed by atoms with van der Waals surface area (Å²) < 4.78 is 27.7. The molecular weight excluding hydrogens is 551 g/mol. The topological polar surface area (TPSA) is 77.5 Å². The number of likely N-dealkylation sites (tertiary alicyclic amines) is 1.